The number of benzene rings is 2. The van der Waals surface area contributed by atoms with Crippen LogP contribution in [0.3, 0.4) is 0 Å². The number of hydrogen-bond donors (Lipinski definition) is 1. The molecule has 6 nitrogen and oxygen atoms in total. The number of aryl methyl sites for hydroxylation is 2. The van der Waals surface area contributed by atoms with Crippen LogP contribution in [0.25, 0.3) is 10.9 Å². The summed E-state index contributed by atoms with van der Waals surface area (Å²) in [4.78, 5) is 28.6. The SMILES string of the molecule is Cn1c(=O)c(N2CCOCC2)c(C(=O)NCCCc2ccc(Cl)c(Cl)c2)c2ccccc21. The van der Waals surface area contributed by atoms with Gasteiger partial charge in [-0.05, 0) is 36.6 Å². The Morgan fingerprint density at radius 3 is 2.59 bits per heavy atom. The summed E-state index contributed by atoms with van der Waals surface area (Å²) in [6, 6.07) is 13.1. The molecule has 1 aliphatic heterocycles. The van der Waals surface area contributed by atoms with Crippen LogP contribution in [0.5, 0.6) is 0 Å². The van der Waals surface area contributed by atoms with Crippen LogP contribution >= 0.6 is 23.2 Å². The molecule has 1 N–H and O–H groups in total. The first-order valence-electron chi connectivity index (χ1n) is 10.6. The van der Waals surface area contributed by atoms with E-state index >= 15 is 0 Å². The molecular weight excluding hydrogens is 449 g/mol. The van der Waals surface area contributed by atoms with E-state index in [2.05, 4.69) is 5.32 Å². The molecule has 2 aromatic carbocycles. The van der Waals surface area contributed by atoms with Gasteiger partial charge in [-0.2, -0.15) is 0 Å². The number of ether oxygens (including phenoxy) is 1. The van der Waals surface area contributed by atoms with Gasteiger partial charge >= 0.3 is 0 Å². The van der Waals surface area contributed by atoms with Crippen LogP contribution in [-0.2, 0) is 18.2 Å². The van der Waals surface area contributed by atoms with Gasteiger partial charge in [0.05, 0.1) is 34.3 Å². The maximum Gasteiger partial charge on any atom is 0.275 e. The molecule has 0 atom stereocenters. The van der Waals surface area contributed by atoms with Crippen LogP contribution in [0.1, 0.15) is 22.3 Å². The number of morpholine rings is 1. The van der Waals surface area contributed by atoms with Gasteiger partial charge < -0.3 is 19.5 Å². The van der Waals surface area contributed by atoms with Crippen molar-refractivity contribution in [3.05, 3.63) is 74.0 Å². The van der Waals surface area contributed by atoms with Gasteiger partial charge in [-0.25, -0.2) is 0 Å². The molecule has 168 valence electrons. The number of nitrogens with zero attached hydrogens (tertiary/aromatic N) is 2. The second kappa shape index (κ2) is 9.94. The Bertz CT molecular complexity index is 1200. The van der Waals surface area contributed by atoms with Crippen molar-refractivity contribution in [1.29, 1.82) is 0 Å². The minimum atomic E-state index is -0.241. The van der Waals surface area contributed by atoms with Crippen LogP contribution in [0.15, 0.2) is 47.3 Å². The number of nitrogens with one attached hydrogen (secondary N) is 1. The van der Waals surface area contributed by atoms with Gasteiger partial charge in [0.2, 0.25) is 0 Å². The summed E-state index contributed by atoms with van der Waals surface area (Å²) in [5, 5.41) is 4.82. The maximum atomic E-state index is 13.3. The number of carbonyl (C=O) groups excluding carboxylic acids is 1. The summed E-state index contributed by atoms with van der Waals surface area (Å²) >= 11 is 12.1. The molecule has 0 radical (unpaired) electrons. The number of rotatable bonds is 6. The highest BCUT2D eigenvalue weighted by Gasteiger charge is 2.26. The van der Waals surface area contributed by atoms with E-state index in [4.69, 9.17) is 27.9 Å². The highest BCUT2D eigenvalue weighted by atomic mass is 35.5. The molecule has 1 amide bonds. The summed E-state index contributed by atoms with van der Waals surface area (Å²) in [7, 11) is 1.74. The number of fused-ring (bicyclic) bond motifs is 1. The number of amides is 1. The molecule has 8 heteroatoms. The summed E-state index contributed by atoms with van der Waals surface area (Å²) < 4.78 is 7.06. The van der Waals surface area contributed by atoms with Gasteiger partial charge in [0.1, 0.15) is 5.69 Å². The molecule has 1 aromatic heterocycles. The number of carbonyl (C=O) groups is 1. The summed E-state index contributed by atoms with van der Waals surface area (Å²) in [6.45, 7) is 2.68. The first-order valence-corrected chi connectivity index (χ1v) is 11.4. The van der Waals surface area contributed by atoms with E-state index in [1.54, 1.807) is 17.7 Å². The summed E-state index contributed by atoms with van der Waals surface area (Å²) in [5.41, 5.74) is 2.49. The lowest BCUT2D eigenvalue weighted by Crippen LogP contribution is -2.42. The van der Waals surface area contributed by atoms with Gasteiger partial charge in [0.15, 0.2) is 0 Å². The van der Waals surface area contributed by atoms with Crippen LogP contribution in [-0.4, -0.2) is 43.3 Å². The first-order chi connectivity index (χ1) is 15.5. The molecule has 0 aliphatic carbocycles. The molecule has 1 fully saturated rings. The molecule has 1 aliphatic rings. The molecule has 3 aromatic rings. The zero-order chi connectivity index (χ0) is 22.7. The van der Waals surface area contributed by atoms with Crippen LogP contribution in [0, 0.1) is 0 Å². The van der Waals surface area contributed by atoms with E-state index < -0.39 is 0 Å². The second-order valence-corrected chi connectivity index (χ2v) is 8.63. The summed E-state index contributed by atoms with van der Waals surface area (Å²) in [6.07, 6.45) is 1.49. The number of hydrogen-bond acceptors (Lipinski definition) is 4. The molecule has 0 bridgehead atoms. The van der Waals surface area contributed by atoms with Crippen molar-refractivity contribution in [2.24, 2.45) is 7.05 Å². The van der Waals surface area contributed by atoms with E-state index in [0.717, 1.165) is 29.3 Å². The third-order valence-electron chi connectivity index (χ3n) is 5.74. The van der Waals surface area contributed by atoms with Gasteiger partial charge in [-0.15, -0.1) is 0 Å². The van der Waals surface area contributed by atoms with Crippen LogP contribution < -0.4 is 15.8 Å². The quantitative estimate of drug-likeness (QED) is 0.548. The van der Waals surface area contributed by atoms with Gasteiger partial charge in [-0.3, -0.25) is 9.59 Å². The van der Waals surface area contributed by atoms with Gasteiger partial charge in [0.25, 0.3) is 11.5 Å². The Hall–Kier alpha value is -2.54. The standard InChI is InChI=1S/C24H25Cl2N3O3/c1-28-20-7-3-2-6-17(20)21(22(24(28)31)29-11-13-32-14-12-29)23(30)27-10-4-5-16-8-9-18(25)19(26)15-16/h2-3,6-9,15H,4-5,10-14H2,1H3,(H,27,30). The van der Waals surface area contributed by atoms with Crippen molar-refractivity contribution in [1.82, 2.24) is 9.88 Å². The van der Waals surface area contributed by atoms with Crippen molar-refractivity contribution >= 4 is 45.7 Å². The zero-order valence-electron chi connectivity index (χ0n) is 17.9. The molecule has 0 unspecified atom stereocenters. The largest absolute Gasteiger partial charge is 0.378 e. The molecule has 0 spiro atoms. The number of pyridine rings is 1. The van der Waals surface area contributed by atoms with E-state index in [1.165, 1.54) is 0 Å². The number of anilines is 1. The van der Waals surface area contributed by atoms with Crippen molar-refractivity contribution in [3.8, 4) is 0 Å². The molecule has 4 rings (SSSR count). The predicted octanol–water partition coefficient (Wildman–Crippen LogP) is 4.04. The minimum absolute atomic E-state index is 0.174. The number of para-hydroxylation sites is 1. The third kappa shape index (κ3) is 4.63. The normalized spacial score (nSPS) is 14.0. The van der Waals surface area contributed by atoms with E-state index in [9.17, 15) is 9.59 Å². The van der Waals surface area contributed by atoms with E-state index in [0.29, 0.717) is 54.1 Å². The lowest BCUT2D eigenvalue weighted by atomic mass is 10.0. The van der Waals surface area contributed by atoms with Crippen molar-refractivity contribution in [2.45, 2.75) is 12.8 Å². The highest BCUT2D eigenvalue weighted by molar-refractivity contribution is 6.42. The average molecular weight is 474 g/mol. The molecule has 1 saturated heterocycles. The topological polar surface area (TPSA) is 63.6 Å². The van der Waals surface area contributed by atoms with E-state index in [-0.39, 0.29) is 11.5 Å². The third-order valence-corrected chi connectivity index (χ3v) is 6.48. The summed E-state index contributed by atoms with van der Waals surface area (Å²) in [5.74, 6) is -0.241. The minimum Gasteiger partial charge on any atom is -0.378 e. The molecular formula is C24H25Cl2N3O3. The molecule has 0 saturated carbocycles. The average Bonchev–Trinajstić information content (AvgIpc) is 2.81. The van der Waals surface area contributed by atoms with E-state index in [1.807, 2.05) is 41.3 Å². The Morgan fingerprint density at radius 1 is 1.09 bits per heavy atom. The highest BCUT2D eigenvalue weighted by Crippen LogP contribution is 2.26. The van der Waals surface area contributed by atoms with Crippen molar-refractivity contribution in [2.75, 3.05) is 37.7 Å². The number of halogens is 2. The van der Waals surface area contributed by atoms with Crippen LogP contribution in [0.2, 0.25) is 10.0 Å². The van der Waals surface area contributed by atoms with Crippen molar-refractivity contribution in [3.63, 3.8) is 0 Å². The van der Waals surface area contributed by atoms with Crippen LogP contribution in [0.4, 0.5) is 5.69 Å². The fraction of sp³-hybridized carbons (Fsp3) is 0.333. The smallest absolute Gasteiger partial charge is 0.275 e. The van der Waals surface area contributed by atoms with Gasteiger partial charge in [-0.1, -0.05) is 47.5 Å². The maximum absolute atomic E-state index is 13.3. The lowest BCUT2D eigenvalue weighted by Gasteiger charge is -2.30. The Balaban J connectivity index is 1.58. The number of aromatic nitrogens is 1. The first kappa shape index (κ1) is 22.6. The molecule has 32 heavy (non-hydrogen) atoms. The Morgan fingerprint density at radius 2 is 1.84 bits per heavy atom. The fourth-order valence-corrected chi connectivity index (χ4v) is 4.39. The zero-order valence-corrected chi connectivity index (χ0v) is 19.4. The monoisotopic (exact) mass is 473 g/mol. The van der Waals surface area contributed by atoms with Crippen molar-refractivity contribution < 1.29 is 9.53 Å². The Kier molecular flexibility index (Phi) is 7.04. The Labute approximate surface area is 196 Å². The molecule has 2 heterocycles. The predicted molar refractivity (Wildman–Crippen MR) is 129 cm³/mol. The fourth-order valence-electron chi connectivity index (χ4n) is 4.07. The van der Waals surface area contributed by atoms with Gasteiger partial charge in [0, 0.05) is 32.1 Å². The second-order valence-electron chi connectivity index (χ2n) is 7.81. The lowest BCUT2D eigenvalue weighted by molar-refractivity contribution is 0.0953.